The van der Waals surface area contributed by atoms with Crippen LogP contribution in [0.3, 0.4) is 0 Å². The Morgan fingerprint density at radius 1 is 1.23 bits per heavy atom. The van der Waals surface area contributed by atoms with Gasteiger partial charge >= 0.3 is 0 Å². The van der Waals surface area contributed by atoms with Crippen molar-refractivity contribution in [1.29, 1.82) is 0 Å². The van der Waals surface area contributed by atoms with E-state index in [2.05, 4.69) is 10.3 Å². The number of H-pyrrole nitrogens is 1. The predicted octanol–water partition coefficient (Wildman–Crippen LogP) is 2.11. The predicted molar refractivity (Wildman–Crippen MR) is 85.9 cm³/mol. The van der Waals surface area contributed by atoms with E-state index >= 15 is 0 Å². The van der Waals surface area contributed by atoms with Gasteiger partial charge in [0.25, 0.3) is 5.91 Å². The Kier molecular flexibility index (Phi) is 3.55. The third kappa shape index (κ3) is 2.53. The van der Waals surface area contributed by atoms with Gasteiger partial charge in [-0.3, -0.25) is 9.59 Å². The van der Waals surface area contributed by atoms with Crippen LogP contribution in [0.15, 0.2) is 47.3 Å². The number of fused-ring (bicyclic) bond motifs is 1. The summed E-state index contributed by atoms with van der Waals surface area (Å²) in [6.45, 7) is 2.43. The van der Waals surface area contributed by atoms with Crippen molar-refractivity contribution in [2.45, 2.75) is 13.5 Å². The molecule has 0 aliphatic heterocycles. The van der Waals surface area contributed by atoms with Gasteiger partial charge in [-0.1, -0.05) is 18.2 Å². The highest BCUT2D eigenvalue weighted by atomic mass is 16.2. The van der Waals surface area contributed by atoms with Crippen LogP contribution in [0.25, 0.3) is 10.9 Å². The Bertz CT molecular complexity index is 906. The van der Waals surface area contributed by atoms with Crippen LogP contribution < -0.4 is 10.9 Å². The highest BCUT2D eigenvalue weighted by molar-refractivity contribution is 6.05. The molecule has 5 nitrogen and oxygen atoms in total. The summed E-state index contributed by atoms with van der Waals surface area (Å²) in [7, 11) is 1.96. The number of rotatable bonds is 3. The van der Waals surface area contributed by atoms with Crippen LogP contribution in [-0.2, 0) is 13.6 Å². The van der Waals surface area contributed by atoms with E-state index in [0.717, 1.165) is 16.8 Å². The summed E-state index contributed by atoms with van der Waals surface area (Å²) in [5, 5.41) is 3.61. The largest absolute Gasteiger partial charge is 0.350 e. The minimum absolute atomic E-state index is 0.249. The van der Waals surface area contributed by atoms with Crippen LogP contribution in [0, 0.1) is 6.92 Å². The van der Waals surface area contributed by atoms with Crippen LogP contribution in [0.1, 0.15) is 21.7 Å². The first kappa shape index (κ1) is 14.1. The van der Waals surface area contributed by atoms with Crippen LogP contribution in [0.2, 0.25) is 0 Å². The number of hydrogen-bond acceptors (Lipinski definition) is 2. The number of aromatic amines is 1. The first-order valence-corrected chi connectivity index (χ1v) is 7.08. The second kappa shape index (κ2) is 5.52. The van der Waals surface area contributed by atoms with Crippen LogP contribution >= 0.6 is 0 Å². The van der Waals surface area contributed by atoms with E-state index < -0.39 is 0 Å². The average molecular weight is 295 g/mol. The van der Waals surface area contributed by atoms with Gasteiger partial charge in [0.15, 0.2) is 0 Å². The number of nitrogens with one attached hydrogen (secondary N) is 2. The van der Waals surface area contributed by atoms with E-state index in [-0.39, 0.29) is 11.5 Å². The standard InChI is InChI=1S/C17H17N3O2/c1-11-7-8-12(20(11)2)10-18-17(22)14-9-16(21)19-15-6-4-3-5-13(14)15/h3-9H,10H2,1-2H3,(H,18,22)(H,19,21). The molecule has 0 bridgehead atoms. The number of hydrogen-bond donors (Lipinski definition) is 2. The molecule has 2 aromatic heterocycles. The summed E-state index contributed by atoms with van der Waals surface area (Å²) in [5.74, 6) is -0.249. The van der Waals surface area contributed by atoms with E-state index in [9.17, 15) is 9.59 Å². The number of amides is 1. The van der Waals surface area contributed by atoms with Gasteiger partial charge in [-0.25, -0.2) is 0 Å². The SMILES string of the molecule is Cc1ccc(CNC(=O)c2cc(=O)[nH]c3ccccc23)n1C. The summed E-state index contributed by atoms with van der Waals surface area (Å²) >= 11 is 0. The third-order valence-electron chi connectivity index (χ3n) is 3.90. The molecule has 0 aliphatic rings. The van der Waals surface area contributed by atoms with Crippen molar-refractivity contribution >= 4 is 16.8 Å². The van der Waals surface area contributed by atoms with Crippen molar-refractivity contribution < 1.29 is 4.79 Å². The molecular formula is C17H17N3O2. The molecule has 22 heavy (non-hydrogen) atoms. The summed E-state index contributed by atoms with van der Waals surface area (Å²) in [5.41, 5.74) is 2.92. The lowest BCUT2D eigenvalue weighted by molar-refractivity contribution is 0.0951. The third-order valence-corrected chi connectivity index (χ3v) is 3.90. The lowest BCUT2D eigenvalue weighted by Crippen LogP contribution is -2.25. The number of benzene rings is 1. The highest BCUT2D eigenvalue weighted by Gasteiger charge is 2.12. The molecule has 0 saturated carbocycles. The van der Waals surface area contributed by atoms with Gasteiger partial charge in [0.1, 0.15) is 0 Å². The number of aromatic nitrogens is 2. The first-order chi connectivity index (χ1) is 10.6. The number of carbonyl (C=O) groups excluding carboxylic acids is 1. The number of nitrogens with zero attached hydrogens (tertiary/aromatic N) is 1. The molecule has 0 unspecified atom stereocenters. The molecule has 0 radical (unpaired) electrons. The van der Waals surface area contributed by atoms with Crippen LogP contribution in [0.4, 0.5) is 0 Å². The molecule has 0 atom stereocenters. The number of aryl methyl sites for hydroxylation is 1. The molecule has 2 heterocycles. The fourth-order valence-electron chi connectivity index (χ4n) is 2.50. The van der Waals surface area contributed by atoms with E-state index in [1.807, 2.05) is 48.9 Å². The molecule has 0 aliphatic carbocycles. The van der Waals surface area contributed by atoms with Crippen molar-refractivity contribution in [3.63, 3.8) is 0 Å². The Morgan fingerprint density at radius 2 is 2.00 bits per heavy atom. The summed E-state index contributed by atoms with van der Waals surface area (Å²) in [6, 6.07) is 12.6. The number of carbonyl (C=O) groups is 1. The Hall–Kier alpha value is -2.82. The minimum Gasteiger partial charge on any atom is -0.350 e. The maximum absolute atomic E-state index is 12.4. The first-order valence-electron chi connectivity index (χ1n) is 7.08. The Morgan fingerprint density at radius 3 is 2.73 bits per heavy atom. The Labute approximate surface area is 127 Å². The fourth-order valence-corrected chi connectivity index (χ4v) is 2.50. The normalized spacial score (nSPS) is 10.8. The highest BCUT2D eigenvalue weighted by Crippen LogP contribution is 2.14. The quantitative estimate of drug-likeness (QED) is 0.777. The van der Waals surface area contributed by atoms with Gasteiger partial charge in [-0.15, -0.1) is 0 Å². The monoisotopic (exact) mass is 295 g/mol. The maximum Gasteiger partial charge on any atom is 0.252 e. The average Bonchev–Trinajstić information content (AvgIpc) is 2.83. The summed E-state index contributed by atoms with van der Waals surface area (Å²) in [6.07, 6.45) is 0. The van der Waals surface area contributed by atoms with E-state index in [1.165, 1.54) is 6.07 Å². The zero-order valence-electron chi connectivity index (χ0n) is 12.5. The Balaban J connectivity index is 1.89. The van der Waals surface area contributed by atoms with Crippen molar-refractivity contribution in [3.8, 4) is 0 Å². The molecule has 0 spiro atoms. The molecule has 3 aromatic rings. The smallest absolute Gasteiger partial charge is 0.252 e. The van der Waals surface area contributed by atoms with Gasteiger partial charge in [-0.05, 0) is 25.1 Å². The van der Waals surface area contributed by atoms with Crippen molar-refractivity contribution in [2.75, 3.05) is 0 Å². The second-order valence-electron chi connectivity index (χ2n) is 5.30. The van der Waals surface area contributed by atoms with Crippen LogP contribution in [0.5, 0.6) is 0 Å². The molecule has 1 amide bonds. The molecular weight excluding hydrogens is 278 g/mol. The van der Waals surface area contributed by atoms with Gasteiger partial charge in [-0.2, -0.15) is 0 Å². The molecule has 2 N–H and O–H groups in total. The lowest BCUT2D eigenvalue weighted by Gasteiger charge is -2.09. The topological polar surface area (TPSA) is 66.9 Å². The zero-order valence-corrected chi connectivity index (χ0v) is 12.5. The molecule has 0 fully saturated rings. The van der Waals surface area contributed by atoms with Gasteiger partial charge < -0.3 is 14.9 Å². The van der Waals surface area contributed by atoms with Gasteiger partial charge in [0, 0.05) is 35.4 Å². The van der Waals surface area contributed by atoms with Crippen molar-refractivity contribution in [3.05, 3.63) is 69.8 Å². The fraction of sp³-hybridized carbons (Fsp3) is 0.176. The zero-order chi connectivity index (χ0) is 15.7. The van der Waals surface area contributed by atoms with Crippen molar-refractivity contribution in [2.24, 2.45) is 7.05 Å². The van der Waals surface area contributed by atoms with E-state index in [1.54, 1.807) is 6.07 Å². The van der Waals surface area contributed by atoms with Crippen LogP contribution in [-0.4, -0.2) is 15.5 Å². The van der Waals surface area contributed by atoms with Gasteiger partial charge in [0.05, 0.1) is 12.1 Å². The summed E-state index contributed by atoms with van der Waals surface area (Å²) < 4.78 is 2.02. The summed E-state index contributed by atoms with van der Waals surface area (Å²) in [4.78, 5) is 26.9. The lowest BCUT2D eigenvalue weighted by atomic mass is 10.1. The van der Waals surface area contributed by atoms with Gasteiger partial charge in [0.2, 0.25) is 5.56 Å². The number of pyridine rings is 1. The second-order valence-corrected chi connectivity index (χ2v) is 5.30. The molecule has 0 saturated heterocycles. The minimum atomic E-state index is -0.279. The van der Waals surface area contributed by atoms with Crippen molar-refractivity contribution in [1.82, 2.24) is 14.9 Å². The maximum atomic E-state index is 12.4. The van der Waals surface area contributed by atoms with E-state index in [4.69, 9.17) is 0 Å². The molecule has 1 aromatic carbocycles. The number of para-hydroxylation sites is 1. The molecule has 5 heteroatoms. The van der Waals surface area contributed by atoms with E-state index in [0.29, 0.717) is 17.6 Å². The molecule has 3 rings (SSSR count). The molecule has 112 valence electrons.